The molecule has 0 atom stereocenters. The highest BCUT2D eigenvalue weighted by Gasteiger charge is 2.31. The summed E-state index contributed by atoms with van der Waals surface area (Å²) in [6, 6.07) is 8.57. The highest BCUT2D eigenvalue weighted by atomic mass is 35.5. The minimum Gasteiger partial charge on any atom is -0.406 e. The van der Waals surface area contributed by atoms with E-state index < -0.39 is 22.1 Å². The largest absolute Gasteiger partial charge is 0.573 e. The van der Waals surface area contributed by atoms with Crippen molar-refractivity contribution in [2.45, 2.75) is 18.2 Å². The molecule has 0 aliphatic heterocycles. The highest BCUT2D eigenvalue weighted by molar-refractivity contribution is 7.92. The zero-order chi connectivity index (χ0) is 17.3. The minimum atomic E-state index is -4.84. The number of nitrogens with one attached hydrogen (secondary N) is 1. The second-order valence-corrected chi connectivity index (χ2v) is 6.70. The van der Waals surface area contributed by atoms with E-state index in [4.69, 9.17) is 11.6 Å². The maximum atomic E-state index is 12.2. The SMILES string of the molecule is Cc1ccc(Cl)cc1NS(=O)(=O)c1ccc(OC(F)(F)F)cc1. The molecule has 0 saturated heterocycles. The molecule has 9 heteroatoms. The van der Waals surface area contributed by atoms with Crippen molar-refractivity contribution in [1.82, 2.24) is 0 Å². The number of ether oxygens (including phenoxy) is 1. The van der Waals surface area contributed by atoms with Crippen molar-refractivity contribution in [3.8, 4) is 5.75 Å². The Bertz CT molecular complexity index is 805. The summed E-state index contributed by atoms with van der Waals surface area (Å²) in [6.07, 6.45) is -4.84. The molecule has 0 aliphatic rings. The van der Waals surface area contributed by atoms with Crippen molar-refractivity contribution >= 4 is 27.3 Å². The summed E-state index contributed by atoms with van der Waals surface area (Å²) in [4.78, 5) is -0.202. The zero-order valence-corrected chi connectivity index (χ0v) is 13.3. The van der Waals surface area contributed by atoms with Crippen LogP contribution in [0.4, 0.5) is 18.9 Å². The molecule has 0 radical (unpaired) electrons. The maximum absolute atomic E-state index is 12.2. The van der Waals surface area contributed by atoms with E-state index in [1.807, 2.05) is 0 Å². The first-order valence-electron chi connectivity index (χ1n) is 6.22. The van der Waals surface area contributed by atoms with Crippen LogP contribution in [0.5, 0.6) is 5.75 Å². The molecule has 124 valence electrons. The number of sulfonamides is 1. The average molecular weight is 366 g/mol. The van der Waals surface area contributed by atoms with Gasteiger partial charge in [-0.2, -0.15) is 0 Å². The summed E-state index contributed by atoms with van der Waals surface area (Å²) in [5, 5.41) is 0.349. The lowest BCUT2D eigenvalue weighted by molar-refractivity contribution is -0.274. The van der Waals surface area contributed by atoms with E-state index in [1.54, 1.807) is 19.1 Å². The van der Waals surface area contributed by atoms with Gasteiger partial charge >= 0.3 is 6.36 Å². The number of halogens is 4. The van der Waals surface area contributed by atoms with Gasteiger partial charge in [0.05, 0.1) is 10.6 Å². The molecule has 0 saturated carbocycles. The van der Waals surface area contributed by atoms with E-state index >= 15 is 0 Å². The van der Waals surface area contributed by atoms with Crippen molar-refractivity contribution < 1.29 is 26.3 Å². The van der Waals surface area contributed by atoms with Gasteiger partial charge in [-0.3, -0.25) is 4.72 Å². The van der Waals surface area contributed by atoms with Gasteiger partial charge in [0.25, 0.3) is 10.0 Å². The Morgan fingerprint density at radius 3 is 2.26 bits per heavy atom. The van der Waals surface area contributed by atoms with Gasteiger partial charge in [-0.25, -0.2) is 8.42 Å². The summed E-state index contributed by atoms with van der Waals surface area (Å²) < 4.78 is 66.8. The number of rotatable bonds is 4. The lowest BCUT2D eigenvalue weighted by Crippen LogP contribution is -2.17. The summed E-state index contributed by atoms with van der Waals surface area (Å²) in [5.74, 6) is -0.504. The van der Waals surface area contributed by atoms with Crippen LogP contribution < -0.4 is 9.46 Å². The van der Waals surface area contributed by atoms with Crippen LogP contribution in [0.2, 0.25) is 5.02 Å². The predicted molar refractivity (Wildman–Crippen MR) is 80.1 cm³/mol. The van der Waals surface area contributed by atoms with Crippen LogP contribution in [-0.4, -0.2) is 14.8 Å². The normalized spacial score (nSPS) is 12.0. The van der Waals surface area contributed by atoms with E-state index in [9.17, 15) is 21.6 Å². The molecule has 0 heterocycles. The molecule has 2 rings (SSSR count). The molecule has 23 heavy (non-hydrogen) atoms. The molecule has 0 aromatic heterocycles. The molecule has 0 aliphatic carbocycles. The predicted octanol–water partition coefficient (Wildman–Crippen LogP) is 4.35. The number of aryl methyl sites for hydroxylation is 1. The first-order valence-corrected chi connectivity index (χ1v) is 8.08. The first kappa shape index (κ1) is 17.4. The molecule has 2 aromatic rings. The Balaban J connectivity index is 2.24. The van der Waals surface area contributed by atoms with Gasteiger partial charge in [0.15, 0.2) is 0 Å². The number of hydrogen-bond acceptors (Lipinski definition) is 3. The minimum absolute atomic E-state index is 0.202. The van der Waals surface area contributed by atoms with E-state index in [-0.39, 0.29) is 10.6 Å². The van der Waals surface area contributed by atoms with Crippen LogP contribution in [0, 0.1) is 6.92 Å². The third kappa shape index (κ3) is 4.77. The Morgan fingerprint density at radius 1 is 1.09 bits per heavy atom. The van der Waals surface area contributed by atoms with Crippen LogP contribution in [0.1, 0.15) is 5.56 Å². The van der Waals surface area contributed by atoms with Crippen LogP contribution in [-0.2, 0) is 10.0 Å². The second kappa shape index (κ2) is 6.29. The number of hydrogen-bond donors (Lipinski definition) is 1. The second-order valence-electron chi connectivity index (χ2n) is 4.58. The van der Waals surface area contributed by atoms with Gasteiger partial charge in [0.1, 0.15) is 5.75 Å². The van der Waals surface area contributed by atoms with Gasteiger partial charge in [0.2, 0.25) is 0 Å². The zero-order valence-electron chi connectivity index (χ0n) is 11.7. The third-order valence-electron chi connectivity index (χ3n) is 2.81. The first-order chi connectivity index (χ1) is 10.6. The molecule has 1 N–H and O–H groups in total. The molecule has 0 spiro atoms. The topological polar surface area (TPSA) is 55.4 Å². The van der Waals surface area contributed by atoms with Crippen LogP contribution in [0.15, 0.2) is 47.4 Å². The Hall–Kier alpha value is -1.93. The van der Waals surface area contributed by atoms with Crippen molar-refractivity contribution in [2.75, 3.05) is 4.72 Å². The molecule has 0 unspecified atom stereocenters. The highest BCUT2D eigenvalue weighted by Crippen LogP contribution is 2.26. The summed E-state index contributed by atoms with van der Waals surface area (Å²) in [5.41, 5.74) is 0.933. The van der Waals surface area contributed by atoms with Gasteiger partial charge in [-0.15, -0.1) is 13.2 Å². The van der Waals surface area contributed by atoms with Crippen LogP contribution in [0.3, 0.4) is 0 Å². The van der Waals surface area contributed by atoms with Crippen molar-refractivity contribution in [1.29, 1.82) is 0 Å². The van der Waals surface area contributed by atoms with E-state index in [1.165, 1.54) is 6.07 Å². The molecule has 2 aromatic carbocycles. The van der Waals surface area contributed by atoms with Gasteiger partial charge in [-0.1, -0.05) is 17.7 Å². The van der Waals surface area contributed by atoms with Gasteiger partial charge in [-0.05, 0) is 48.9 Å². The fraction of sp³-hybridized carbons (Fsp3) is 0.143. The quantitative estimate of drug-likeness (QED) is 0.876. The number of anilines is 1. The van der Waals surface area contributed by atoms with Crippen molar-refractivity contribution in [2.24, 2.45) is 0 Å². The Morgan fingerprint density at radius 2 is 1.70 bits per heavy atom. The number of benzene rings is 2. The summed E-state index contributed by atoms with van der Waals surface area (Å²) >= 11 is 5.82. The maximum Gasteiger partial charge on any atom is 0.573 e. The van der Waals surface area contributed by atoms with Crippen molar-refractivity contribution in [3.63, 3.8) is 0 Å². The van der Waals surface area contributed by atoms with E-state index in [2.05, 4.69) is 9.46 Å². The standard InChI is InChI=1S/C14H11ClF3NO3S/c1-9-2-3-10(15)8-13(9)19-23(20,21)12-6-4-11(5-7-12)22-14(16,17)18/h2-8,19H,1H3. The summed E-state index contributed by atoms with van der Waals surface area (Å²) in [7, 11) is -3.96. The fourth-order valence-corrected chi connectivity index (χ4v) is 3.02. The molecule has 0 amide bonds. The fourth-order valence-electron chi connectivity index (χ4n) is 1.73. The lowest BCUT2D eigenvalue weighted by Gasteiger charge is -2.12. The number of alkyl halides is 3. The smallest absolute Gasteiger partial charge is 0.406 e. The average Bonchev–Trinajstić information content (AvgIpc) is 2.41. The lowest BCUT2D eigenvalue weighted by atomic mass is 10.2. The van der Waals surface area contributed by atoms with Gasteiger partial charge in [0, 0.05) is 5.02 Å². The molecule has 0 fully saturated rings. The van der Waals surface area contributed by atoms with E-state index in [0.717, 1.165) is 24.3 Å². The monoisotopic (exact) mass is 365 g/mol. The van der Waals surface area contributed by atoms with Crippen LogP contribution in [0.25, 0.3) is 0 Å². The van der Waals surface area contributed by atoms with Crippen molar-refractivity contribution in [3.05, 3.63) is 53.1 Å². The Labute approximate surface area is 135 Å². The van der Waals surface area contributed by atoms with Crippen LogP contribution >= 0.6 is 11.6 Å². The molecular formula is C14H11ClF3NO3S. The van der Waals surface area contributed by atoms with Gasteiger partial charge < -0.3 is 4.74 Å². The summed E-state index contributed by atoms with van der Waals surface area (Å²) in [6.45, 7) is 1.69. The molecular weight excluding hydrogens is 355 g/mol. The van der Waals surface area contributed by atoms with E-state index in [0.29, 0.717) is 10.6 Å². The molecule has 0 bridgehead atoms. The third-order valence-corrected chi connectivity index (χ3v) is 4.43. The molecule has 4 nitrogen and oxygen atoms in total. The Kier molecular flexibility index (Phi) is 4.76.